The van der Waals surface area contributed by atoms with Crippen molar-refractivity contribution in [1.29, 1.82) is 0 Å². The van der Waals surface area contributed by atoms with Crippen LogP contribution in [0.2, 0.25) is 0 Å². The second-order valence-corrected chi connectivity index (χ2v) is 6.95. The molecule has 0 radical (unpaired) electrons. The first kappa shape index (κ1) is 16.5. The maximum absolute atomic E-state index is 11.2. The number of hydrogen-bond donors (Lipinski definition) is 2. The molecule has 126 valence electrons. The molecule has 1 aromatic rings. The van der Waals surface area contributed by atoms with Crippen molar-refractivity contribution in [2.45, 2.75) is 51.0 Å². The fraction of sp³-hybridized carbons (Fsp3) is 0.632. The molecule has 2 aliphatic rings. The molecule has 23 heavy (non-hydrogen) atoms. The number of fused-ring (bicyclic) bond motifs is 1. The van der Waals surface area contributed by atoms with Gasteiger partial charge >= 0.3 is 5.97 Å². The van der Waals surface area contributed by atoms with Crippen LogP contribution in [-0.4, -0.2) is 36.9 Å². The van der Waals surface area contributed by atoms with Crippen LogP contribution < -0.4 is 5.32 Å². The lowest BCUT2D eigenvalue weighted by atomic mass is 9.81. The highest BCUT2D eigenvalue weighted by Gasteiger charge is 2.24. The fourth-order valence-electron chi connectivity index (χ4n) is 3.95. The molecule has 1 saturated heterocycles. The van der Waals surface area contributed by atoms with Crippen molar-refractivity contribution in [3.63, 3.8) is 0 Å². The minimum Gasteiger partial charge on any atom is -0.478 e. The number of rotatable bonds is 5. The van der Waals surface area contributed by atoms with E-state index in [1.807, 2.05) is 12.1 Å². The van der Waals surface area contributed by atoms with Crippen molar-refractivity contribution < 1.29 is 14.6 Å². The van der Waals surface area contributed by atoms with Gasteiger partial charge in [-0.05, 0) is 74.1 Å². The summed E-state index contributed by atoms with van der Waals surface area (Å²) in [5, 5.41) is 12.9. The topological polar surface area (TPSA) is 58.6 Å². The van der Waals surface area contributed by atoms with Gasteiger partial charge in [0.15, 0.2) is 0 Å². The van der Waals surface area contributed by atoms with Crippen LogP contribution in [0.15, 0.2) is 18.2 Å². The van der Waals surface area contributed by atoms with Crippen molar-refractivity contribution in [3.05, 3.63) is 34.9 Å². The largest absolute Gasteiger partial charge is 0.478 e. The number of carboxylic acid groups (broad SMARTS) is 1. The summed E-state index contributed by atoms with van der Waals surface area (Å²) in [4.78, 5) is 11.2. The monoisotopic (exact) mass is 317 g/mol. The lowest BCUT2D eigenvalue weighted by molar-refractivity contribution is 0.0557. The molecule has 0 amide bonds. The van der Waals surface area contributed by atoms with Crippen molar-refractivity contribution >= 4 is 5.97 Å². The van der Waals surface area contributed by atoms with E-state index in [1.165, 1.54) is 17.5 Å². The maximum atomic E-state index is 11.2. The van der Waals surface area contributed by atoms with Crippen LogP contribution in [0.1, 0.15) is 60.0 Å². The van der Waals surface area contributed by atoms with Crippen molar-refractivity contribution in [2.24, 2.45) is 5.92 Å². The van der Waals surface area contributed by atoms with Gasteiger partial charge in [-0.15, -0.1) is 0 Å². The summed E-state index contributed by atoms with van der Waals surface area (Å²) in [5.41, 5.74) is 2.97. The van der Waals surface area contributed by atoms with Gasteiger partial charge in [0.25, 0.3) is 0 Å². The molecule has 3 rings (SSSR count). The van der Waals surface area contributed by atoms with Crippen LogP contribution in [-0.2, 0) is 11.2 Å². The molecule has 2 unspecified atom stereocenters. The predicted molar refractivity (Wildman–Crippen MR) is 90.1 cm³/mol. The van der Waals surface area contributed by atoms with Crippen molar-refractivity contribution in [2.75, 3.05) is 19.8 Å². The zero-order chi connectivity index (χ0) is 16.2. The van der Waals surface area contributed by atoms with Crippen molar-refractivity contribution in [1.82, 2.24) is 5.32 Å². The van der Waals surface area contributed by atoms with E-state index in [9.17, 15) is 9.90 Å². The third kappa shape index (κ3) is 3.93. The summed E-state index contributed by atoms with van der Waals surface area (Å²) in [6.07, 6.45) is 5.68. The second-order valence-electron chi connectivity index (χ2n) is 6.95. The van der Waals surface area contributed by atoms with Crippen LogP contribution >= 0.6 is 0 Å². The van der Waals surface area contributed by atoms with E-state index in [-0.39, 0.29) is 0 Å². The molecular formula is C19H27NO3. The molecule has 1 aliphatic carbocycles. The fourth-order valence-corrected chi connectivity index (χ4v) is 3.95. The Labute approximate surface area is 138 Å². The summed E-state index contributed by atoms with van der Waals surface area (Å²) in [6.45, 7) is 4.97. The summed E-state index contributed by atoms with van der Waals surface area (Å²) in [5.74, 6) is 0.290. The third-order valence-corrected chi connectivity index (χ3v) is 5.49. The number of aromatic carboxylic acids is 1. The van der Waals surface area contributed by atoms with E-state index in [2.05, 4.69) is 12.2 Å². The first-order valence-electron chi connectivity index (χ1n) is 8.82. The van der Waals surface area contributed by atoms with E-state index in [0.717, 1.165) is 45.4 Å². The molecule has 1 aromatic carbocycles. The van der Waals surface area contributed by atoms with Gasteiger partial charge in [-0.3, -0.25) is 0 Å². The molecule has 1 aliphatic heterocycles. The number of benzene rings is 1. The Morgan fingerprint density at radius 3 is 2.87 bits per heavy atom. The Hall–Kier alpha value is -1.39. The van der Waals surface area contributed by atoms with E-state index in [1.54, 1.807) is 6.07 Å². The molecule has 0 saturated carbocycles. The zero-order valence-electron chi connectivity index (χ0n) is 13.9. The number of nitrogens with one attached hydrogen (secondary N) is 1. The van der Waals surface area contributed by atoms with Gasteiger partial charge in [-0.25, -0.2) is 4.79 Å². The van der Waals surface area contributed by atoms with Crippen LogP contribution in [0.5, 0.6) is 0 Å². The van der Waals surface area contributed by atoms with Crippen LogP contribution in [0.3, 0.4) is 0 Å². The summed E-state index contributed by atoms with van der Waals surface area (Å²) in [7, 11) is 0. The molecule has 2 N–H and O–H groups in total. The highest BCUT2D eigenvalue weighted by molar-refractivity contribution is 5.88. The van der Waals surface area contributed by atoms with Gasteiger partial charge in [-0.2, -0.15) is 0 Å². The number of carbonyl (C=O) groups is 1. The minimum absolute atomic E-state index is 0.410. The van der Waals surface area contributed by atoms with Crippen LogP contribution in [0.25, 0.3) is 0 Å². The standard InChI is InChI=1S/C19H27NO3/c1-13(14-7-9-23-10-8-14)20-12-17-4-2-3-15-5-6-16(19(21)22)11-18(15)17/h5-6,11,13-14,17,20H,2-4,7-10,12H2,1H3,(H,21,22). The molecule has 1 fully saturated rings. The number of aryl methyl sites for hydroxylation is 1. The zero-order valence-corrected chi connectivity index (χ0v) is 13.9. The SMILES string of the molecule is CC(NCC1CCCc2ccc(C(=O)O)cc21)C1CCOCC1. The predicted octanol–water partition coefficient (Wildman–Crippen LogP) is 3.21. The lowest BCUT2D eigenvalue weighted by Crippen LogP contribution is -2.39. The van der Waals surface area contributed by atoms with Gasteiger partial charge < -0.3 is 15.2 Å². The molecule has 4 nitrogen and oxygen atoms in total. The first-order valence-corrected chi connectivity index (χ1v) is 8.82. The first-order chi connectivity index (χ1) is 11.1. The molecule has 2 atom stereocenters. The maximum Gasteiger partial charge on any atom is 0.335 e. The van der Waals surface area contributed by atoms with E-state index in [0.29, 0.717) is 23.4 Å². The number of carboxylic acids is 1. The Kier molecular flexibility index (Phi) is 5.34. The summed E-state index contributed by atoms with van der Waals surface area (Å²) >= 11 is 0. The average Bonchev–Trinajstić information content (AvgIpc) is 2.59. The van der Waals surface area contributed by atoms with Gasteiger partial charge in [0.2, 0.25) is 0 Å². The number of hydrogen-bond acceptors (Lipinski definition) is 3. The molecule has 0 bridgehead atoms. The van der Waals surface area contributed by atoms with Crippen molar-refractivity contribution in [3.8, 4) is 0 Å². The number of ether oxygens (including phenoxy) is 1. The van der Waals surface area contributed by atoms with E-state index < -0.39 is 5.97 Å². The molecule has 4 heteroatoms. The van der Waals surface area contributed by atoms with Gasteiger partial charge in [0.1, 0.15) is 0 Å². The van der Waals surface area contributed by atoms with Gasteiger partial charge in [0, 0.05) is 25.8 Å². The molecule has 1 heterocycles. The van der Waals surface area contributed by atoms with Gasteiger partial charge in [0.05, 0.1) is 5.56 Å². The minimum atomic E-state index is -0.833. The Bertz CT molecular complexity index is 552. The highest BCUT2D eigenvalue weighted by atomic mass is 16.5. The summed E-state index contributed by atoms with van der Waals surface area (Å²) in [6, 6.07) is 6.13. The second kappa shape index (κ2) is 7.45. The smallest absolute Gasteiger partial charge is 0.335 e. The van der Waals surface area contributed by atoms with Crippen LogP contribution in [0.4, 0.5) is 0 Å². The Balaban J connectivity index is 1.65. The molecule has 0 aromatic heterocycles. The quantitative estimate of drug-likeness (QED) is 0.875. The molecular weight excluding hydrogens is 290 g/mol. The van der Waals surface area contributed by atoms with E-state index >= 15 is 0 Å². The van der Waals surface area contributed by atoms with E-state index in [4.69, 9.17) is 4.74 Å². The van der Waals surface area contributed by atoms with Gasteiger partial charge in [-0.1, -0.05) is 6.07 Å². The lowest BCUT2D eigenvalue weighted by Gasteiger charge is -2.31. The average molecular weight is 317 g/mol. The van der Waals surface area contributed by atoms with Crippen LogP contribution in [0, 0.1) is 5.92 Å². The highest BCUT2D eigenvalue weighted by Crippen LogP contribution is 2.32. The Morgan fingerprint density at radius 1 is 1.35 bits per heavy atom. The Morgan fingerprint density at radius 2 is 2.13 bits per heavy atom. The normalized spacial score (nSPS) is 23.3. The third-order valence-electron chi connectivity index (χ3n) is 5.49. The molecule has 0 spiro atoms. The summed E-state index contributed by atoms with van der Waals surface area (Å²) < 4.78 is 5.44.